The fourth-order valence-corrected chi connectivity index (χ4v) is 4.58. The zero-order valence-corrected chi connectivity index (χ0v) is 19.5. The highest BCUT2D eigenvalue weighted by molar-refractivity contribution is 7.09. The number of anilines is 2. The van der Waals surface area contributed by atoms with Crippen molar-refractivity contribution in [3.05, 3.63) is 71.0 Å². The predicted molar refractivity (Wildman–Crippen MR) is 127 cm³/mol. The number of piperidine rings is 1. The van der Waals surface area contributed by atoms with Gasteiger partial charge in [0, 0.05) is 43.3 Å². The fourth-order valence-electron chi connectivity index (χ4n) is 3.85. The molecule has 0 bridgehead atoms. The van der Waals surface area contributed by atoms with Crippen LogP contribution in [0.2, 0.25) is 0 Å². The summed E-state index contributed by atoms with van der Waals surface area (Å²) in [5, 5.41) is 6.16. The van der Waals surface area contributed by atoms with Crippen molar-refractivity contribution >= 4 is 28.4 Å². The lowest BCUT2D eigenvalue weighted by Crippen LogP contribution is -2.39. The van der Waals surface area contributed by atoms with Crippen LogP contribution in [0.15, 0.2) is 48.5 Å². The van der Waals surface area contributed by atoms with E-state index in [9.17, 15) is 18.0 Å². The second-order valence-corrected chi connectivity index (χ2v) is 9.23. The van der Waals surface area contributed by atoms with Crippen molar-refractivity contribution in [2.75, 3.05) is 29.9 Å². The molecule has 0 unspecified atom stereocenters. The minimum atomic E-state index is -4.45. The second-order valence-electron chi connectivity index (χ2n) is 8.50. The number of halogens is 3. The summed E-state index contributed by atoms with van der Waals surface area (Å²) >= 11 is 1.41. The normalized spacial score (nSPS) is 14.8. The lowest BCUT2D eigenvalue weighted by Gasteiger charge is -2.31. The van der Waals surface area contributed by atoms with Gasteiger partial charge in [-0.3, -0.25) is 0 Å². The van der Waals surface area contributed by atoms with Crippen LogP contribution in [0.5, 0.6) is 0 Å². The number of nitrogens with one attached hydrogen (secondary N) is 2. The van der Waals surface area contributed by atoms with Gasteiger partial charge in [-0.1, -0.05) is 35.9 Å². The summed E-state index contributed by atoms with van der Waals surface area (Å²) in [7, 11) is 0. The van der Waals surface area contributed by atoms with Gasteiger partial charge in [-0.25, -0.2) is 9.78 Å². The van der Waals surface area contributed by atoms with Crippen molar-refractivity contribution in [2.45, 2.75) is 32.4 Å². The molecule has 6 nitrogen and oxygen atoms in total. The SMILES string of the molecule is Cc1ccc(Cc2nsc(N3CCC(CNC(=O)Nc4cccc(C(F)(F)F)c4)CC3)n2)cc1. The van der Waals surface area contributed by atoms with E-state index in [0.29, 0.717) is 18.9 Å². The van der Waals surface area contributed by atoms with E-state index in [0.717, 1.165) is 49.0 Å². The van der Waals surface area contributed by atoms with E-state index in [2.05, 4.69) is 51.1 Å². The van der Waals surface area contributed by atoms with Crippen LogP contribution in [0.4, 0.5) is 28.8 Å². The number of benzene rings is 2. The third-order valence-corrected chi connectivity index (χ3v) is 6.64. The van der Waals surface area contributed by atoms with Crippen LogP contribution in [0.1, 0.15) is 35.4 Å². The first-order valence-corrected chi connectivity index (χ1v) is 11.9. The Morgan fingerprint density at radius 2 is 1.88 bits per heavy atom. The second kappa shape index (κ2) is 10.4. The zero-order chi connectivity index (χ0) is 24.1. The minimum absolute atomic E-state index is 0.111. The highest BCUT2D eigenvalue weighted by atomic mass is 32.1. The van der Waals surface area contributed by atoms with E-state index in [-0.39, 0.29) is 5.69 Å². The molecule has 0 saturated carbocycles. The Labute approximate surface area is 200 Å². The van der Waals surface area contributed by atoms with Gasteiger partial charge in [0.05, 0.1) is 5.56 Å². The number of rotatable bonds is 6. The summed E-state index contributed by atoms with van der Waals surface area (Å²) in [5.74, 6) is 1.11. The molecule has 3 aromatic rings. The maximum Gasteiger partial charge on any atom is 0.416 e. The van der Waals surface area contributed by atoms with Crippen LogP contribution in [-0.4, -0.2) is 35.0 Å². The van der Waals surface area contributed by atoms with Gasteiger partial charge in [0.1, 0.15) is 5.82 Å². The number of nitrogens with zero attached hydrogens (tertiary/aromatic N) is 3. The molecule has 2 aromatic carbocycles. The Balaban J connectivity index is 1.21. The van der Waals surface area contributed by atoms with Crippen LogP contribution < -0.4 is 15.5 Å². The Morgan fingerprint density at radius 1 is 1.15 bits per heavy atom. The smallest absolute Gasteiger partial charge is 0.347 e. The molecule has 180 valence electrons. The minimum Gasteiger partial charge on any atom is -0.347 e. The van der Waals surface area contributed by atoms with Gasteiger partial charge in [0.15, 0.2) is 0 Å². The molecule has 2 heterocycles. The van der Waals surface area contributed by atoms with Gasteiger partial charge < -0.3 is 15.5 Å². The van der Waals surface area contributed by atoms with Crippen LogP contribution in [0.3, 0.4) is 0 Å². The number of amides is 2. The highest BCUT2D eigenvalue weighted by Crippen LogP contribution is 2.30. The fraction of sp³-hybridized carbons (Fsp3) is 0.375. The van der Waals surface area contributed by atoms with E-state index in [1.165, 1.54) is 34.8 Å². The van der Waals surface area contributed by atoms with Gasteiger partial charge in [-0.05, 0) is 49.4 Å². The molecule has 1 aliphatic heterocycles. The Kier molecular flexibility index (Phi) is 7.35. The molecule has 2 amide bonds. The van der Waals surface area contributed by atoms with E-state index < -0.39 is 17.8 Å². The molecule has 0 atom stereocenters. The first-order valence-electron chi connectivity index (χ1n) is 11.1. The maximum absolute atomic E-state index is 12.8. The monoisotopic (exact) mass is 489 g/mol. The molecule has 1 aromatic heterocycles. The lowest BCUT2D eigenvalue weighted by atomic mass is 9.97. The number of carbonyl (C=O) groups excluding carboxylic acids is 1. The van der Waals surface area contributed by atoms with Crippen LogP contribution in [-0.2, 0) is 12.6 Å². The van der Waals surface area contributed by atoms with Gasteiger partial charge >= 0.3 is 12.2 Å². The van der Waals surface area contributed by atoms with Crippen LogP contribution >= 0.6 is 11.5 Å². The van der Waals surface area contributed by atoms with E-state index in [1.54, 1.807) is 0 Å². The maximum atomic E-state index is 12.8. The first kappa shape index (κ1) is 24.0. The van der Waals surface area contributed by atoms with Crippen molar-refractivity contribution in [3.8, 4) is 0 Å². The molecular formula is C24H26F3N5OS. The molecule has 10 heteroatoms. The number of hydrogen-bond donors (Lipinski definition) is 2. The summed E-state index contributed by atoms with van der Waals surface area (Å²) in [6.45, 7) is 4.17. The van der Waals surface area contributed by atoms with E-state index >= 15 is 0 Å². The van der Waals surface area contributed by atoms with Crippen molar-refractivity contribution in [1.82, 2.24) is 14.7 Å². The largest absolute Gasteiger partial charge is 0.416 e. The van der Waals surface area contributed by atoms with E-state index in [1.807, 2.05) is 0 Å². The topological polar surface area (TPSA) is 70.2 Å². The Hall–Kier alpha value is -3.14. The number of urea groups is 1. The van der Waals surface area contributed by atoms with Gasteiger partial charge in [0.25, 0.3) is 0 Å². The molecule has 2 N–H and O–H groups in total. The lowest BCUT2D eigenvalue weighted by molar-refractivity contribution is -0.137. The van der Waals surface area contributed by atoms with Crippen molar-refractivity contribution in [1.29, 1.82) is 0 Å². The molecule has 34 heavy (non-hydrogen) atoms. The van der Waals surface area contributed by atoms with Crippen LogP contribution in [0, 0.1) is 12.8 Å². The molecule has 1 aliphatic rings. The number of hydrogen-bond acceptors (Lipinski definition) is 5. The van der Waals surface area contributed by atoms with Crippen molar-refractivity contribution in [2.24, 2.45) is 5.92 Å². The molecular weight excluding hydrogens is 463 g/mol. The third-order valence-electron chi connectivity index (χ3n) is 5.82. The summed E-state index contributed by atoms with van der Waals surface area (Å²) in [4.78, 5) is 19.1. The third kappa shape index (κ3) is 6.47. The number of aryl methyl sites for hydroxylation is 1. The zero-order valence-electron chi connectivity index (χ0n) is 18.7. The highest BCUT2D eigenvalue weighted by Gasteiger charge is 2.30. The number of aromatic nitrogens is 2. The van der Waals surface area contributed by atoms with Gasteiger partial charge in [-0.15, -0.1) is 0 Å². The number of carbonyl (C=O) groups is 1. The standard InChI is InChI=1S/C24H26F3N5OS/c1-16-5-7-17(8-6-16)13-21-30-23(34-31-21)32-11-9-18(10-12-32)15-28-22(33)29-20-4-2-3-19(14-20)24(25,26)27/h2-8,14,18H,9-13,15H2,1H3,(H2,28,29,33). The molecule has 0 spiro atoms. The molecule has 0 radical (unpaired) electrons. The summed E-state index contributed by atoms with van der Waals surface area (Å²) < 4.78 is 43.0. The summed E-state index contributed by atoms with van der Waals surface area (Å²) in [6, 6.07) is 12.5. The summed E-state index contributed by atoms with van der Waals surface area (Å²) in [5.41, 5.74) is 1.72. The number of alkyl halides is 3. The predicted octanol–water partition coefficient (Wildman–Crippen LogP) is 5.49. The Bertz CT molecular complexity index is 1110. The van der Waals surface area contributed by atoms with Crippen LogP contribution in [0.25, 0.3) is 0 Å². The summed E-state index contributed by atoms with van der Waals surface area (Å²) in [6.07, 6.45) is -1.97. The molecule has 1 saturated heterocycles. The molecule has 1 fully saturated rings. The molecule has 4 rings (SSSR count). The average Bonchev–Trinajstić information content (AvgIpc) is 3.28. The molecule has 0 aliphatic carbocycles. The van der Waals surface area contributed by atoms with Crippen molar-refractivity contribution in [3.63, 3.8) is 0 Å². The van der Waals surface area contributed by atoms with Gasteiger partial charge in [-0.2, -0.15) is 17.5 Å². The first-order chi connectivity index (χ1) is 16.3. The van der Waals surface area contributed by atoms with Gasteiger partial charge in [0.2, 0.25) is 5.13 Å². The quantitative estimate of drug-likeness (QED) is 0.480. The van der Waals surface area contributed by atoms with Crippen molar-refractivity contribution < 1.29 is 18.0 Å². The van der Waals surface area contributed by atoms with E-state index in [4.69, 9.17) is 4.98 Å². The average molecular weight is 490 g/mol. The Morgan fingerprint density at radius 3 is 2.59 bits per heavy atom.